The highest BCUT2D eigenvalue weighted by molar-refractivity contribution is 8.19. The number of hydrogen-bond acceptors (Lipinski definition) is 7. The van der Waals surface area contributed by atoms with Gasteiger partial charge in [-0.15, -0.1) is 0 Å². The zero-order valence-corrected chi connectivity index (χ0v) is 19.4. The lowest BCUT2D eigenvalue weighted by Gasteiger charge is -2.28. The van der Waals surface area contributed by atoms with E-state index < -0.39 is 11.9 Å². The van der Waals surface area contributed by atoms with Gasteiger partial charge >= 0.3 is 6.09 Å². The smallest absolute Gasteiger partial charge is 0.410 e. The van der Waals surface area contributed by atoms with Crippen molar-refractivity contribution in [2.75, 3.05) is 39.4 Å². The molecule has 0 unspecified atom stereocenters. The Morgan fingerprint density at radius 3 is 2.77 bits per heavy atom. The minimum atomic E-state index is -0.476. The maximum absolute atomic E-state index is 13.9. The number of ether oxygens (including phenoxy) is 2. The molecule has 2 saturated heterocycles. The number of carbonyl (C=O) groups is 1. The molecule has 10 heteroatoms. The van der Waals surface area contributed by atoms with Crippen LogP contribution in [-0.2, 0) is 4.74 Å². The van der Waals surface area contributed by atoms with Crippen LogP contribution in [0.15, 0.2) is 28.1 Å². The number of amides is 1. The monoisotopic (exact) mass is 466 g/mol. The number of benzene rings is 1. The molecule has 0 atom stereocenters. The van der Waals surface area contributed by atoms with Crippen molar-refractivity contribution in [3.05, 3.63) is 34.5 Å². The quantitative estimate of drug-likeness (QED) is 0.521. The molecule has 1 aromatic carbocycles. The fraction of sp³-hybridized carbons (Fsp3) is 0.476. The van der Waals surface area contributed by atoms with Crippen molar-refractivity contribution in [3.63, 3.8) is 0 Å². The Labute approximate surface area is 191 Å². The van der Waals surface area contributed by atoms with Crippen LogP contribution in [0.3, 0.4) is 0 Å². The normalized spacial score (nSPS) is 20.3. The summed E-state index contributed by atoms with van der Waals surface area (Å²) >= 11 is 6.82. The molecule has 2 fully saturated rings. The molecule has 0 spiro atoms. The van der Waals surface area contributed by atoms with Gasteiger partial charge in [-0.3, -0.25) is 5.01 Å². The molecule has 1 N–H and O–H groups in total. The molecule has 3 aliphatic heterocycles. The van der Waals surface area contributed by atoms with Crippen LogP contribution in [0, 0.1) is 5.82 Å². The number of thiocarbonyl (C=S) groups is 1. The first-order valence-corrected chi connectivity index (χ1v) is 11.7. The first-order chi connectivity index (χ1) is 15.1. The van der Waals surface area contributed by atoms with Gasteiger partial charge in [0.25, 0.3) is 0 Å². The minimum Gasteiger partial charge on any atom is -0.410 e. The number of amidine groups is 1. The van der Waals surface area contributed by atoms with Gasteiger partial charge in [0, 0.05) is 31.7 Å². The molecule has 1 amide bonds. The molecular weight excluding hydrogens is 439 g/mol. The largest absolute Gasteiger partial charge is 0.415 e. The molecular formula is C21H27FN4O3S2. The third kappa shape index (κ3) is 6.25. The van der Waals surface area contributed by atoms with E-state index >= 15 is 0 Å². The van der Waals surface area contributed by atoms with Crippen LogP contribution in [0.1, 0.15) is 32.3 Å². The minimum absolute atomic E-state index is 0.281. The number of halogens is 1. The van der Waals surface area contributed by atoms with Crippen molar-refractivity contribution >= 4 is 46.3 Å². The highest BCUT2D eigenvalue weighted by Gasteiger charge is 2.26. The predicted octanol–water partition coefficient (Wildman–Crippen LogP) is 4.05. The SMILES string of the molecule is CC.O=C(Oc1ccc(F)cc1/C=C1\SC(N2CCCCN2)=NC1=S)N1CCOCC1. The number of rotatable bonds is 2. The number of nitrogens with one attached hydrogen (secondary N) is 1. The van der Waals surface area contributed by atoms with Crippen molar-refractivity contribution < 1.29 is 18.7 Å². The summed E-state index contributed by atoms with van der Waals surface area (Å²) in [5.74, 6) is -0.140. The molecule has 168 valence electrons. The van der Waals surface area contributed by atoms with Crippen LogP contribution in [0.5, 0.6) is 5.75 Å². The van der Waals surface area contributed by atoms with E-state index in [2.05, 4.69) is 10.4 Å². The van der Waals surface area contributed by atoms with Gasteiger partial charge in [-0.2, -0.15) is 0 Å². The lowest BCUT2D eigenvalue weighted by atomic mass is 10.2. The maximum Gasteiger partial charge on any atom is 0.415 e. The average molecular weight is 467 g/mol. The summed E-state index contributed by atoms with van der Waals surface area (Å²) in [5, 5.41) is 2.77. The molecule has 7 nitrogen and oxygen atoms in total. The van der Waals surface area contributed by atoms with Crippen molar-refractivity contribution in [2.24, 2.45) is 4.99 Å². The van der Waals surface area contributed by atoms with E-state index in [-0.39, 0.29) is 5.75 Å². The third-order valence-electron chi connectivity index (χ3n) is 4.68. The van der Waals surface area contributed by atoms with Crippen molar-refractivity contribution in [2.45, 2.75) is 26.7 Å². The van der Waals surface area contributed by atoms with Crippen LogP contribution >= 0.6 is 24.0 Å². The summed E-state index contributed by atoms with van der Waals surface area (Å²) in [6.07, 6.45) is 3.46. The lowest BCUT2D eigenvalue weighted by molar-refractivity contribution is 0.0415. The van der Waals surface area contributed by atoms with Crippen LogP contribution in [-0.4, -0.2) is 65.6 Å². The highest BCUT2D eigenvalue weighted by atomic mass is 32.2. The zero-order valence-electron chi connectivity index (χ0n) is 17.7. The van der Waals surface area contributed by atoms with Gasteiger partial charge in [0.2, 0.25) is 0 Å². The Hall–Kier alpha value is -2.01. The van der Waals surface area contributed by atoms with Crippen LogP contribution in [0.2, 0.25) is 0 Å². The third-order valence-corrected chi connectivity index (χ3v) is 6.14. The van der Waals surface area contributed by atoms with Crippen molar-refractivity contribution in [1.82, 2.24) is 15.3 Å². The summed E-state index contributed by atoms with van der Waals surface area (Å²) in [6, 6.07) is 4.05. The summed E-state index contributed by atoms with van der Waals surface area (Å²) in [4.78, 5) is 19.6. The first-order valence-electron chi connectivity index (χ1n) is 10.5. The number of thioether (sulfide) groups is 1. The van der Waals surface area contributed by atoms with E-state index in [4.69, 9.17) is 21.7 Å². The van der Waals surface area contributed by atoms with Gasteiger partial charge in [-0.05, 0) is 48.9 Å². The number of aliphatic imine (C=N–C) groups is 1. The molecule has 1 aromatic rings. The predicted molar refractivity (Wildman–Crippen MR) is 126 cm³/mol. The standard InChI is InChI=1S/C19H21FN4O3S2.C2H6/c20-14-3-4-15(27-19(25)23-7-9-26-10-8-23)13(11-14)12-16-17(28)22-18(29-16)24-6-2-1-5-21-24;1-2/h3-4,11-12,21H,1-2,5-10H2;1-2H3/b16-12-;. The molecule has 0 saturated carbocycles. The molecule has 4 rings (SSSR count). The van der Waals surface area contributed by atoms with E-state index in [1.54, 1.807) is 11.0 Å². The van der Waals surface area contributed by atoms with Gasteiger partial charge in [0.05, 0.1) is 18.1 Å². The topological polar surface area (TPSA) is 66.4 Å². The zero-order chi connectivity index (χ0) is 22.2. The molecule has 3 heterocycles. The second-order valence-electron chi connectivity index (χ2n) is 6.73. The van der Waals surface area contributed by atoms with Crippen LogP contribution in [0.4, 0.5) is 9.18 Å². The fourth-order valence-electron chi connectivity index (χ4n) is 3.14. The van der Waals surface area contributed by atoms with Gasteiger partial charge in [-0.25, -0.2) is 19.6 Å². The maximum atomic E-state index is 13.9. The number of carbonyl (C=O) groups excluding carboxylic acids is 1. The van der Waals surface area contributed by atoms with Gasteiger partial charge in [0.15, 0.2) is 5.17 Å². The lowest BCUT2D eigenvalue weighted by Crippen LogP contribution is -2.45. The van der Waals surface area contributed by atoms with Gasteiger partial charge < -0.3 is 14.4 Å². The number of nitrogens with zero attached hydrogens (tertiary/aromatic N) is 3. The number of hydrazine groups is 1. The Balaban J connectivity index is 0.00000132. The van der Waals surface area contributed by atoms with Gasteiger partial charge in [0.1, 0.15) is 16.6 Å². The van der Waals surface area contributed by atoms with E-state index in [0.29, 0.717) is 36.9 Å². The van der Waals surface area contributed by atoms with E-state index in [1.807, 2.05) is 18.9 Å². The summed E-state index contributed by atoms with van der Waals surface area (Å²) < 4.78 is 24.7. The second-order valence-corrected chi connectivity index (χ2v) is 8.12. The summed E-state index contributed by atoms with van der Waals surface area (Å²) in [5.41, 5.74) is 3.74. The summed E-state index contributed by atoms with van der Waals surface area (Å²) in [6.45, 7) is 7.66. The van der Waals surface area contributed by atoms with Crippen LogP contribution in [0.25, 0.3) is 6.08 Å². The van der Waals surface area contributed by atoms with Crippen molar-refractivity contribution in [1.29, 1.82) is 0 Å². The Kier molecular flexibility index (Phi) is 8.82. The number of morpholine rings is 1. The van der Waals surface area contributed by atoms with E-state index in [9.17, 15) is 9.18 Å². The molecule has 0 radical (unpaired) electrons. The molecule has 3 aliphatic rings. The molecule has 0 aliphatic carbocycles. The first kappa shape index (κ1) is 23.6. The number of hydrogen-bond donors (Lipinski definition) is 1. The second kappa shape index (κ2) is 11.6. The highest BCUT2D eigenvalue weighted by Crippen LogP contribution is 2.33. The van der Waals surface area contributed by atoms with Gasteiger partial charge in [-0.1, -0.05) is 26.1 Å². The Morgan fingerprint density at radius 2 is 2.06 bits per heavy atom. The van der Waals surface area contributed by atoms with Crippen LogP contribution < -0.4 is 10.2 Å². The Bertz CT molecular complexity index is 866. The molecule has 0 aromatic heterocycles. The molecule has 31 heavy (non-hydrogen) atoms. The fourth-order valence-corrected chi connectivity index (χ4v) is 4.38. The van der Waals surface area contributed by atoms with E-state index in [1.165, 1.54) is 30.0 Å². The molecule has 0 bridgehead atoms. The van der Waals surface area contributed by atoms with Crippen molar-refractivity contribution in [3.8, 4) is 5.75 Å². The van der Waals surface area contributed by atoms with E-state index in [0.717, 1.165) is 36.0 Å². The summed E-state index contributed by atoms with van der Waals surface area (Å²) in [7, 11) is 0. The average Bonchev–Trinajstić information content (AvgIpc) is 3.18. The Morgan fingerprint density at radius 1 is 1.29 bits per heavy atom.